The summed E-state index contributed by atoms with van der Waals surface area (Å²) >= 11 is 5.80. The monoisotopic (exact) mass is 285 g/mol. The normalized spacial score (nSPS) is 10.7. The lowest BCUT2D eigenvalue weighted by atomic mass is 10.1. The lowest BCUT2D eigenvalue weighted by Crippen LogP contribution is -2.11. The Morgan fingerprint density at radius 2 is 2.10 bits per heavy atom. The average molecular weight is 286 g/mol. The number of aromatic nitrogens is 2. The Morgan fingerprint density at radius 1 is 1.25 bits per heavy atom. The predicted octanol–water partition coefficient (Wildman–Crippen LogP) is 3.78. The van der Waals surface area contributed by atoms with E-state index in [0.29, 0.717) is 16.5 Å². The highest BCUT2D eigenvalue weighted by Crippen LogP contribution is 2.19. The largest absolute Gasteiger partial charge is 0.329 e. The van der Waals surface area contributed by atoms with Crippen LogP contribution >= 0.6 is 11.6 Å². The molecular weight excluding hydrogens is 274 g/mol. The highest BCUT2D eigenvalue weighted by Gasteiger charge is 2.07. The maximum atomic E-state index is 12.1. The van der Waals surface area contributed by atoms with Gasteiger partial charge < -0.3 is 10.3 Å². The van der Waals surface area contributed by atoms with Gasteiger partial charge in [0.15, 0.2) is 0 Å². The van der Waals surface area contributed by atoms with Gasteiger partial charge in [0, 0.05) is 11.3 Å². The molecule has 0 radical (unpaired) electrons. The molecule has 0 fully saturated rings. The van der Waals surface area contributed by atoms with Crippen LogP contribution in [0.15, 0.2) is 42.5 Å². The molecule has 0 bridgehead atoms. The number of aromatic amines is 1. The fourth-order valence-corrected chi connectivity index (χ4v) is 2.24. The number of carbonyl (C=O) groups excluding carboxylic acids is 1. The van der Waals surface area contributed by atoms with Gasteiger partial charge in [0.1, 0.15) is 0 Å². The molecule has 1 amide bonds. The summed E-state index contributed by atoms with van der Waals surface area (Å²) in [5, 5.41) is 3.19. The van der Waals surface area contributed by atoms with Crippen LogP contribution in [0.4, 0.5) is 5.69 Å². The molecule has 2 N–H and O–H groups in total. The highest BCUT2D eigenvalue weighted by molar-refractivity contribution is 6.29. The zero-order valence-electron chi connectivity index (χ0n) is 10.8. The van der Waals surface area contributed by atoms with Crippen LogP contribution in [0.25, 0.3) is 11.0 Å². The first-order valence-corrected chi connectivity index (χ1v) is 6.53. The van der Waals surface area contributed by atoms with E-state index in [4.69, 9.17) is 11.6 Å². The Morgan fingerprint density at radius 3 is 2.90 bits per heavy atom. The van der Waals surface area contributed by atoms with Crippen molar-refractivity contribution in [2.75, 3.05) is 5.32 Å². The standard InChI is InChI=1S/C15H12ClN3O/c1-9-3-2-4-10(7-9)14(20)17-11-5-6-12-13(8-11)19-15(16)18-12/h2-8H,1H3,(H,17,20)(H,18,19). The van der Waals surface area contributed by atoms with E-state index in [1.165, 1.54) is 0 Å². The van der Waals surface area contributed by atoms with Gasteiger partial charge in [-0.05, 0) is 48.9 Å². The van der Waals surface area contributed by atoms with Gasteiger partial charge in [0.05, 0.1) is 11.0 Å². The summed E-state index contributed by atoms with van der Waals surface area (Å²) in [5.74, 6) is -0.140. The molecule has 0 atom stereocenters. The third-order valence-electron chi connectivity index (χ3n) is 2.99. The summed E-state index contributed by atoms with van der Waals surface area (Å²) in [5.41, 5.74) is 3.94. The minimum atomic E-state index is -0.140. The number of carbonyl (C=O) groups is 1. The minimum Gasteiger partial charge on any atom is -0.329 e. The lowest BCUT2D eigenvalue weighted by molar-refractivity contribution is 0.102. The number of imidazole rings is 1. The van der Waals surface area contributed by atoms with E-state index in [9.17, 15) is 4.79 Å². The first-order valence-electron chi connectivity index (χ1n) is 6.15. The van der Waals surface area contributed by atoms with Gasteiger partial charge in [-0.15, -0.1) is 0 Å². The van der Waals surface area contributed by atoms with Crippen molar-refractivity contribution in [3.8, 4) is 0 Å². The molecule has 0 unspecified atom stereocenters. The quantitative estimate of drug-likeness (QED) is 0.753. The molecule has 0 saturated heterocycles. The molecule has 3 rings (SSSR count). The van der Waals surface area contributed by atoms with Crippen molar-refractivity contribution in [1.82, 2.24) is 9.97 Å². The van der Waals surface area contributed by atoms with Crippen molar-refractivity contribution < 1.29 is 4.79 Å². The second kappa shape index (κ2) is 4.98. The van der Waals surface area contributed by atoms with E-state index in [0.717, 1.165) is 16.6 Å². The molecule has 5 heteroatoms. The van der Waals surface area contributed by atoms with Crippen LogP contribution in [0, 0.1) is 6.92 Å². The van der Waals surface area contributed by atoms with Gasteiger partial charge >= 0.3 is 0 Å². The molecule has 0 saturated carbocycles. The van der Waals surface area contributed by atoms with Crippen LogP contribution in [0.5, 0.6) is 0 Å². The number of hydrogen-bond donors (Lipinski definition) is 2. The Balaban J connectivity index is 1.87. The van der Waals surface area contributed by atoms with E-state index in [1.54, 1.807) is 12.1 Å². The second-order valence-corrected chi connectivity index (χ2v) is 4.94. The van der Waals surface area contributed by atoms with Gasteiger partial charge in [0.25, 0.3) is 5.91 Å². The predicted molar refractivity (Wildman–Crippen MR) is 80.2 cm³/mol. The highest BCUT2D eigenvalue weighted by atomic mass is 35.5. The fourth-order valence-electron chi connectivity index (χ4n) is 2.05. The number of fused-ring (bicyclic) bond motifs is 1. The van der Waals surface area contributed by atoms with Crippen LogP contribution in [-0.4, -0.2) is 15.9 Å². The van der Waals surface area contributed by atoms with Crippen LogP contribution in [-0.2, 0) is 0 Å². The molecule has 2 aromatic carbocycles. The number of benzene rings is 2. The Labute approximate surface area is 120 Å². The molecule has 4 nitrogen and oxygen atoms in total. The molecule has 1 heterocycles. The maximum absolute atomic E-state index is 12.1. The van der Waals surface area contributed by atoms with Gasteiger partial charge in [-0.25, -0.2) is 4.98 Å². The summed E-state index contributed by atoms with van der Waals surface area (Å²) < 4.78 is 0. The zero-order valence-corrected chi connectivity index (χ0v) is 11.5. The van der Waals surface area contributed by atoms with E-state index >= 15 is 0 Å². The molecule has 0 aliphatic rings. The molecule has 0 aliphatic heterocycles. The molecule has 0 aliphatic carbocycles. The SMILES string of the molecule is Cc1cccc(C(=O)Nc2ccc3nc(Cl)[nH]c3c2)c1. The van der Waals surface area contributed by atoms with Crippen LogP contribution < -0.4 is 5.32 Å². The number of nitrogens with one attached hydrogen (secondary N) is 2. The number of H-pyrrole nitrogens is 1. The van der Waals surface area contributed by atoms with Crippen molar-refractivity contribution >= 4 is 34.2 Å². The molecule has 0 spiro atoms. The first-order chi connectivity index (χ1) is 9.61. The number of nitrogens with zero attached hydrogens (tertiary/aromatic N) is 1. The van der Waals surface area contributed by atoms with Crippen molar-refractivity contribution in [3.05, 3.63) is 58.9 Å². The third-order valence-corrected chi connectivity index (χ3v) is 3.17. The summed E-state index contributed by atoms with van der Waals surface area (Å²) in [4.78, 5) is 19.2. The van der Waals surface area contributed by atoms with Crippen molar-refractivity contribution in [1.29, 1.82) is 0 Å². The van der Waals surface area contributed by atoms with E-state index in [-0.39, 0.29) is 5.91 Å². The van der Waals surface area contributed by atoms with Gasteiger partial charge in [-0.1, -0.05) is 17.7 Å². The molecule has 1 aromatic heterocycles. The van der Waals surface area contributed by atoms with Gasteiger partial charge in [-0.3, -0.25) is 4.79 Å². The van der Waals surface area contributed by atoms with Crippen LogP contribution in [0.3, 0.4) is 0 Å². The van der Waals surface area contributed by atoms with Crippen LogP contribution in [0.1, 0.15) is 15.9 Å². The number of rotatable bonds is 2. The summed E-state index contributed by atoms with van der Waals surface area (Å²) in [6, 6.07) is 12.9. The van der Waals surface area contributed by atoms with E-state index in [1.807, 2.05) is 37.3 Å². The molecule has 3 aromatic rings. The van der Waals surface area contributed by atoms with Gasteiger partial charge in [-0.2, -0.15) is 0 Å². The maximum Gasteiger partial charge on any atom is 0.255 e. The number of hydrogen-bond acceptors (Lipinski definition) is 2. The summed E-state index contributed by atoms with van der Waals surface area (Å²) in [6.07, 6.45) is 0. The Bertz CT molecular complexity index is 795. The minimum absolute atomic E-state index is 0.140. The first kappa shape index (κ1) is 12.7. The van der Waals surface area contributed by atoms with Crippen molar-refractivity contribution in [2.24, 2.45) is 0 Å². The van der Waals surface area contributed by atoms with Crippen molar-refractivity contribution in [2.45, 2.75) is 6.92 Å². The van der Waals surface area contributed by atoms with Crippen LogP contribution in [0.2, 0.25) is 5.28 Å². The number of halogens is 1. The fraction of sp³-hybridized carbons (Fsp3) is 0.0667. The number of aryl methyl sites for hydroxylation is 1. The van der Waals surface area contributed by atoms with E-state index < -0.39 is 0 Å². The topological polar surface area (TPSA) is 57.8 Å². The number of anilines is 1. The van der Waals surface area contributed by atoms with Gasteiger partial charge in [0.2, 0.25) is 5.28 Å². The lowest BCUT2D eigenvalue weighted by Gasteiger charge is -2.05. The zero-order chi connectivity index (χ0) is 14.1. The number of amides is 1. The smallest absolute Gasteiger partial charge is 0.255 e. The summed E-state index contributed by atoms with van der Waals surface area (Å²) in [6.45, 7) is 1.95. The Kier molecular flexibility index (Phi) is 3.16. The third kappa shape index (κ3) is 2.51. The Hall–Kier alpha value is -2.33. The average Bonchev–Trinajstić information content (AvgIpc) is 2.78. The van der Waals surface area contributed by atoms with E-state index in [2.05, 4.69) is 15.3 Å². The second-order valence-electron chi connectivity index (χ2n) is 4.58. The molecule has 100 valence electrons. The summed E-state index contributed by atoms with van der Waals surface area (Å²) in [7, 11) is 0. The van der Waals surface area contributed by atoms with Crippen molar-refractivity contribution in [3.63, 3.8) is 0 Å². The molecular formula is C15H12ClN3O. The molecule has 20 heavy (non-hydrogen) atoms.